The number of aliphatic hydroxyl groups is 2. The Labute approximate surface area is 92.3 Å². The molecule has 0 amide bonds. The number of nitrogens with zero attached hydrogens (tertiary/aromatic N) is 2. The lowest BCUT2D eigenvalue weighted by atomic mass is 10.3. The van der Waals surface area contributed by atoms with Crippen molar-refractivity contribution in [2.45, 2.75) is 12.2 Å². The molecule has 1 aromatic heterocycles. The summed E-state index contributed by atoms with van der Waals surface area (Å²) >= 11 is 0. The van der Waals surface area contributed by atoms with Crippen LogP contribution in [0.15, 0.2) is 24.3 Å². The van der Waals surface area contributed by atoms with Crippen molar-refractivity contribution in [1.29, 1.82) is 0 Å². The molecule has 1 saturated heterocycles. The Morgan fingerprint density at radius 3 is 2.56 bits per heavy atom. The first-order chi connectivity index (χ1) is 7.74. The summed E-state index contributed by atoms with van der Waals surface area (Å²) in [4.78, 5) is 9.44. The number of aliphatic hydroxyl groups excluding tert-OH is 2. The molecule has 2 aromatic rings. The van der Waals surface area contributed by atoms with Crippen molar-refractivity contribution in [2.75, 3.05) is 18.0 Å². The third kappa shape index (κ3) is 1.45. The van der Waals surface area contributed by atoms with Crippen molar-refractivity contribution in [3.63, 3.8) is 0 Å². The fourth-order valence-electron chi connectivity index (χ4n) is 2.03. The number of para-hydroxylation sites is 2. The zero-order valence-electron chi connectivity index (χ0n) is 8.67. The fourth-order valence-corrected chi connectivity index (χ4v) is 2.03. The monoisotopic (exact) mass is 219 g/mol. The average molecular weight is 219 g/mol. The standard InChI is InChI=1S/C11H13N3O2/c15-9-5-14(6-10(9)16)11-12-7-3-1-2-4-8(7)13-11/h1-4,9-10,15-16H,5-6H2,(H,12,13). The van der Waals surface area contributed by atoms with E-state index in [0.717, 1.165) is 11.0 Å². The van der Waals surface area contributed by atoms with Gasteiger partial charge in [0, 0.05) is 13.1 Å². The second-order valence-electron chi connectivity index (χ2n) is 4.12. The number of β-amino-alcohol motifs (C(OH)–C–C–N with tert-alkyl or cyclic N) is 2. The van der Waals surface area contributed by atoms with Crippen LogP contribution in [-0.2, 0) is 0 Å². The first kappa shape index (κ1) is 9.62. The second-order valence-corrected chi connectivity index (χ2v) is 4.12. The number of anilines is 1. The Bertz CT molecular complexity index is 468. The van der Waals surface area contributed by atoms with E-state index in [1.165, 1.54) is 0 Å². The molecule has 84 valence electrons. The highest BCUT2D eigenvalue weighted by Crippen LogP contribution is 2.21. The van der Waals surface area contributed by atoms with Crippen LogP contribution in [0.1, 0.15) is 0 Å². The van der Waals surface area contributed by atoms with Gasteiger partial charge in [0.2, 0.25) is 5.95 Å². The lowest BCUT2D eigenvalue weighted by molar-refractivity contribution is 0.0572. The van der Waals surface area contributed by atoms with Crippen molar-refractivity contribution in [3.8, 4) is 0 Å². The van der Waals surface area contributed by atoms with Gasteiger partial charge < -0.3 is 20.1 Å². The highest BCUT2D eigenvalue weighted by molar-refractivity contribution is 5.77. The smallest absolute Gasteiger partial charge is 0.204 e. The quantitative estimate of drug-likeness (QED) is 0.636. The molecule has 1 aliphatic heterocycles. The van der Waals surface area contributed by atoms with Crippen LogP contribution in [0.2, 0.25) is 0 Å². The molecular formula is C11H13N3O2. The summed E-state index contributed by atoms with van der Waals surface area (Å²) in [6.45, 7) is 0.835. The Balaban J connectivity index is 1.95. The SMILES string of the molecule is OC1CN(c2nc3ccccc3[nH]2)CC1O. The van der Waals surface area contributed by atoms with Gasteiger partial charge in [-0.05, 0) is 12.1 Å². The zero-order chi connectivity index (χ0) is 11.1. The van der Waals surface area contributed by atoms with Gasteiger partial charge in [-0.25, -0.2) is 4.98 Å². The Morgan fingerprint density at radius 2 is 1.88 bits per heavy atom. The molecule has 5 nitrogen and oxygen atoms in total. The number of hydrogen-bond acceptors (Lipinski definition) is 4. The molecule has 0 bridgehead atoms. The maximum absolute atomic E-state index is 9.47. The van der Waals surface area contributed by atoms with E-state index < -0.39 is 12.2 Å². The summed E-state index contributed by atoms with van der Waals surface area (Å²) in [5.74, 6) is 0.705. The van der Waals surface area contributed by atoms with Crippen molar-refractivity contribution in [2.24, 2.45) is 0 Å². The van der Waals surface area contributed by atoms with Crippen LogP contribution < -0.4 is 4.90 Å². The van der Waals surface area contributed by atoms with Crippen LogP contribution in [0.4, 0.5) is 5.95 Å². The van der Waals surface area contributed by atoms with Crippen LogP contribution in [0.5, 0.6) is 0 Å². The van der Waals surface area contributed by atoms with Crippen molar-refractivity contribution in [1.82, 2.24) is 9.97 Å². The number of aromatic nitrogens is 2. The van der Waals surface area contributed by atoms with Crippen LogP contribution in [-0.4, -0.2) is 45.5 Å². The Morgan fingerprint density at radius 1 is 1.19 bits per heavy atom. The lowest BCUT2D eigenvalue weighted by Crippen LogP contribution is -2.22. The van der Waals surface area contributed by atoms with E-state index in [1.807, 2.05) is 29.2 Å². The zero-order valence-corrected chi connectivity index (χ0v) is 8.67. The molecule has 16 heavy (non-hydrogen) atoms. The van der Waals surface area contributed by atoms with Crippen molar-refractivity contribution < 1.29 is 10.2 Å². The molecule has 1 aromatic carbocycles. The van der Waals surface area contributed by atoms with E-state index in [4.69, 9.17) is 0 Å². The number of imidazole rings is 1. The molecule has 0 spiro atoms. The highest BCUT2D eigenvalue weighted by atomic mass is 16.3. The van der Waals surface area contributed by atoms with E-state index in [1.54, 1.807) is 0 Å². The minimum Gasteiger partial charge on any atom is -0.388 e. The number of H-pyrrole nitrogens is 1. The summed E-state index contributed by atoms with van der Waals surface area (Å²) in [5.41, 5.74) is 1.86. The predicted molar refractivity (Wildman–Crippen MR) is 60.3 cm³/mol. The number of hydrogen-bond donors (Lipinski definition) is 3. The Hall–Kier alpha value is -1.59. The molecule has 3 N–H and O–H groups in total. The summed E-state index contributed by atoms with van der Waals surface area (Å²) in [6.07, 6.45) is -1.37. The minimum atomic E-state index is -0.687. The van der Waals surface area contributed by atoms with Gasteiger partial charge in [0.15, 0.2) is 0 Å². The number of rotatable bonds is 1. The average Bonchev–Trinajstić information content (AvgIpc) is 2.83. The van der Waals surface area contributed by atoms with Gasteiger partial charge in [-0.15, -0.1) is 0 Å². The molecule has 2 heterocycles. The molecule has 2 unspecified atom stereocenters. The van der Waals surface area contributed by atoms with Gasteiger partial charge in [0.05, 0.1) is 23.2 Å². The van der Waals surface area contributed by atoms with Gasteiger partial charge in [-0.2, -0.15) is 0 Å². The fraction of sp³-hybridized carbons (Fsp3) is 0.364. The molecule has 3 rings (SSSR count). The van der Waals surface area contributed by atoms with Gasteiger partial charge in [-0.1, -0.05) is 12.1 Å². The third-order valence-electron chi connectivity index (χ3n) is 2.94. The third-order valence-corrected chi connectivity index (χ3v) is 2.94. The van der Waals surface area contributed by atoms with Crippen LogP contribution in [0.3, 0.4) is 0 Å². The van der Waals surface area contributed by atoms with Gasteiger partial charge in [-0.3, -0.25) is 0 Å². The summed E-state index contributed by atoms with van der Waals surface area (Å²) < 4.78 is 0. The van der Waals surface area contributed by atoms with E-state index in [0.29, 0.717) is 19.0 Å². The summed E-state index contributed by atoms with van der Waals surface area (Å²) in [7, 11) is 0. The molecule has 5 heteroatoms. The van der Waals surface area contributed by atoms with Crippen LogP contribution in [0.25, 0.3) is 11.0 Å². The molecule has 1 fully saturated rings. The Kier molecular flexibility index (Phi) is 2.08. The number of aromatic amines is 1. The van der Waals surface area contributed by atoms with Crippen LogP contribution >= 0.6 is 0 Å². The summed E-state index contributed by atoms with van der Waals surface area (Å²) in [5, 5.41) is 18.9. The molecular weight excluding hydrogens is 206 g/mol. The maximum atomic E-state index is 9.47. The summed E-state index contributed by atoms with van der Waals surface area (Å²) in [6, 6.07) is 7.76. The first-order valence-corrected chi connectivity index (χ1v) is 5.30. The molecule has 0 aliphatic carbocycles. The molecule has 0 saturated carbocycles. The topological polar surface area (TPSA) is 72.4 Å². The molecule has 0 radical (unpaired) electrons. The highest BCUT2D eigenvalue weighted by Gasteiger charge is 2.31. The number of fused-ring (bicyclic) bond motifs is 1. The van der Waals surface area contributed by atoms with E-state index >= 15 is 0 Å². The number of benzene rings is 1. The van der Waals surface area contributed by atoms with Crippen molar-refractivity contribution >= 4 is 17.0 Å². The minimum absolute atomic E-state index is 0.418. The second kappa shape index (κ2) is 3.47. The van der Waals surface area contributed by atoms with Crippen molar-refractivity contribution in [3.05, 3.63) is 24.3 Å². The van der Waals surface area contributed by atoms with E-state index in [2.05, 4.69) is 9.97 Å². The first-order valence-electron chi connectivity index (χ1n) is 5.30. The van der Waals surface area contributed by atoms with Gasteiger partial charge in [0.25, 0.3) is 0 Å². The number of nitrogens with one attached hydrogen (secondary N) is 1. The van der Waals surface area contributed by atoms with Gasteiger partial charge in [0.1, 0.15) is 0 Å². The molecule has 2 atom stereocenters. The van der Waals surface area contributed by atoms with E-state index in [9.17, 15) is 10.2 Å². The predicted octanol–water partition coefficient (Wildman–Crippen LogP) is 0.105. The normalized spacial score (nSPS) is 25.5. The van der Waals surface area contributed by atoms with Gasteiger partial charge >= 0.3 is 0 Å². The molecule has 1 aliphatic rings. The maximum Gasteiger partial charge on any atom is 0.204 e. The van der Waals surface area contributed by atoms with Crippen LogP contribution in [0, 0.1) is 0 Å². The lowest BCUT2D eigenvalue weighted by Gasteiger charge is -2.12. The van der Waals surface area contributed by atoms with E-state index in [-0.39, 0.29) is 0 Å². The largest absolute Gasteiger partial charge is 0.388 e.